The highest BCUT2D eigenvalue weighted by Gasteiger charge is 2.24. The highest BCUT2D eigenvalue weighted by atomic mass is 16.6. The first-order chi connectivity index (χ1) is 15.1. The van der Waals surface area contributed by atoms with Gasteiger partial charge in [0.05, 0.1) is 0 Å². The molecule has 1 saturated carbocycles. The summed E-state index contributed by atoms with van der Waals surface area (Å²) >= 11 is 0. The molecule has 0 bridgehead atoms. The summed E-state index contributed by atoms with van der Waals surface area (Å²) in [5, 5.41) is 9.41. The van der Waals surface area contributed by atoms with Crippen LogP contribution in [-0.4, -0.2) is 50.1 Å². The molecule has 7 heteroatoms. The van der Waals surface area contributed by atoms with Crippen LogP contribution in [0, 0.1) is 0 Å². The monoisotopic (exact) mass is 432 g/mol. The van der Waals surface area contributed by atoms with Crippen LogP contribution in [0.15, 0.2) is 37.4 Å². The molecule has 31 heavy (non-hydrogen) atoms. The molecule has 0 spiro atoms. The Kier molecular flexibility index (Phi) is 10.6. The lowest BCUT2D eigenvalue weighted by Crippen LogP contribution is -2.16. The maximum Gasteiger partial charge on any atom is 0.330 e. The lowest BCUT2D eigenvalue weighted by molar-refractivity contribution is -0.139. The summed E-state index contributed by atoms with van der Waals surface area (Å²) in [5.41, 5.74) is 1.85. The van der Waals surface area contributed by atoms with E-state index in [4.69, 9.17) is 18.9 Å². The van der Waals surface area contributed by atoms with Crippen molar-refractivity contribution in [3.05, 3.63) is 48.6 Å². The Labute approximate surface area is 183 Å². The summed E-state index contributed by atoms with van der Waals surface area (Å²) in [6.07, 6.45) is 8.22. The molecule has 0 aromatic heterocycles. The van der Waals surface area contributed by atoms with Gasteiger partial charge in [0.2, 0.25) is 0 Å². The maximum atomic E-state index is 11.3. The molecule has 0 saturated heterocycles. The number of esters is 2. The van der Waals surface area contributed by atoms with E-state index in [1.54, 1.807) is 0 Å². The van der Waals surface area contributed by atoms with Gasteiger partial charge in [-0.2, -0.15) is 0 Å². The predicted octanol–water partition coefficient (Wildman–Crippen LogP) is 3.49. The van der Waals surface area contributed by atoms with Gasteiger partial charge in [-0.3, -0.25) is 0 Å². The molecule has 1 aliphatic carbocycles. The number of carbonyl (C=O) groups is 2. The van der Waals surface area contributed by atoms with E-state index in [9.17, 15) is 14.7 Å². The minimum absolute atomic E-state index is 0.00441. The van der Waals surface area contributed by atoms with Crippen LogP contribution in [0.25, 0.3) is 0 Å². The molecular formula is C24H32O7. The van der Waals surface area contributed by atoms with E-state index >= 15 is 0 Å². The zero-order valence-corrected chi connectivity index (χ0v) is 18.0. The number of rotatable bonds is 13. The molecule has 1 aliphatic rings. The van der Waals surface area contributed by atoms with Gasteiger partial charge in [0.1, 0.15) is 37.9 Å². The molecule has 0 heterocycles. The average molecular weight is 433 g/mol. The molecule has 170 valence electrons. The summed E-state index contributed by atoms with van der Waals surface area (Å²) in [6.45, 7) is 7.34. The highest BCUT2D eigenvalue weighted by Crippen LogP contribution is 2.43. The Morgan fingerprint density at radius 3 is 1.87 bits per heavy atom. The third-order valence-corrected chi connectivity index (χ3v) is 5.08. The van der Waals surface area contributed by atoms with Crippen molar-refractivity contribution in [2.75, 3.05) is 33.0 Å². The molecule has 0 radical (unpaired) electrons. The molecule has 7 nitrogen and oxygen atoms in total. The van der Waals surface area contributed by atoms with Gasteiger partial charge >= 0.3 is 11.9 Å². The number of carbonyl (C=O) groups excluding carboxylic acids is 2. The molecule has 1 N–H and O–H groups in total. The average Bonchev–Trinajstić information content (AvgIpc) is 2.79. The van der Waals surface area contributed by atoms with E-state index in [1.165, 1.54) is 6.42 Å². The van der Waals surface area contributed by atoms with Gasteiger partial charge in [-0.25, -0.2) is 9.59 Å². The quantitative estimate of drug-likeness (QED) is 0.290. The second-order valence-electron chi connectivity index (χ2n) is 7.25. The van der Waals surface area contributed by atoms with E-state index in [2.05, 4.69) is 13.2 Å². The topological polar surface area (TPSA) is 91.3 Å². The van der Waals surface area contributed by atoms with Crippen LogP contribution in [0.1, 0.15) is 49.1 Å². The summed E-state index contributed by atoms with van der Waals surface area (Å²) in [5.74, 6) is 0.635. The Hall–Kier alpha value is -2.80. The number of hydrogen-bond donors (Lipinski definition) is 1. The predicted molar refractivity (Wildman–Crippen MR) is 116 cm³/mol. The fraction of sp³-hybridized carbons (Fsp3) is 0.500. The Balaban J connectivity index is 2.22. The van der Waals surface area contributed by atoms with Crippen LogP contribution in [0.2, 0.25) is 0 Å². The van der Waals surface area contributed by atoms with E-state index in [0.29, 0.717) is 17.9 Å². The lowest BCUT2D eigenvalue weighted by Gasteiger charge is -2.27. The number of aliphatic hydroxyl groups is 1. The second kappa shape index (κ2) is 13.5. The van der Waals surface area contributed by atoms with Crippen molar-refractivity contribution in [2.45, 2.75) is 44.4 Å². The Bertz CT molecular complexity index is 701. The SMILES string of the molecule is C=CC(=O)OCCOc1cc(CCO)cc(OCCOC(=O)C=C)c1C1CCCCC1. The van der Waals surface area contributed by atoms with E-state index in [1.807, 2.05) is 12.1 Å². The summed E-state index contributed by atoms with van der Waals surface area (Å²) in [6, 6.07) is 3.83. The first-order valence-corrected chi connectivity index (χ1v) is 10.7. The van der Waals surface area contributed by atoms with Gasteiger partial charge < -0.3 is 24.1 Å². The van der Waals surface area contributed by atoms with Crippen molar-refractivity contribution in [2.24, 2.45) is 0 Å². The van der Waals surface area contributed by atoms with Crippen molar-refractivity contribution in [3.63, 3.8) is 0 Å². The molecule has 0 aliphatic heterocycles. The summed E-state index contributed by atoms with van der Waals surface area (Å²) < 4.78 is 22.0. The molecule has 0 unspecified atom stereocenters. The molecule has 0 atom stereocenters. The molecule has 0 amide bonds. The lowest BCUT2D eigenvalue weighted by atomic mass is 9.82. The minimum Gasteiger partial charge on any atom is -0.490 e. The molecule has 1 aromatic carbocycles. The fourth-order valence-electron chi connectivity index (χ4n) is 3.67. The van der Waals surface area contributed by atoms with Crippen LogP contribution in [0.3, 0.4) is 0 Å². The number of ether oxygens (including phenoxy) is 4. The van der Waals surface area contributed by atoms with Crippen molar-refractivity contribution >= 4 is 11.9 Å². The third kappa shape index (κ3) is 8.09. The van der Waals surface area contributed by atoms with Crippen LogP contribution < -0.4 is 9.47 Å². The Morgan fingerprint density at radius 1 is 0.903 bits per heavy atom. The summed E-state index contributed by atoms with van der Waals surface area (Å²) in [7, 11) is 0. The fourth-order valence-corrected chi connectivity index (χ4v) is 3.67. The Morgan fingerprint density at radius 2 is 1.42 bits per heavy atom. The third-order valence-electron chi connectivity index (χ3n) is 5.08. The number of benzene rings is 1. The number of aliphatic hydroxyl groups excluding tert-OH is 1. The first kappa shape index (κ1) is 24.5. The summed E-state index contributed by atoms with van der Waals surface area (Å²) in [4.78, 5) is 22.5. The van der Waals surface area contributed by atoms with Crippen LogP contribution in [0.4, 0.5) is 0 Å². The number of hydrogen-bond acceptors (Lipinski definition) is 7. The molecule has 1 aromatic rings. The van der Waals surface area contributed by atoms with Crippen molar-refractivity contribution in [1.82, 2.24) is 0 Å². The standard InChI is InChI=1S/C24H32O7/c1-3-22(26)30-14-12-28-20-16-18(10-11-25)17-21(29-13-15-31-23(27)4-2)24(20)19-8-6-5-7-9-19/h3-4,16-17,19,25H,1-2,5-15H2. The van der Waals surface area contributed by atoms with Crippen molar-refractivity contribution < 1.29 is 33.6 Å². The highest BCUT2D eigenvalue weighted by molar-refractivity contribution is 5.81. The normalized spacial score (nSPS) is 13.8. The van der Waals surface area contributed by atoms with Gasteiger partial charge in [0.25, 0.3) is 0 Å². The smallest absolute Gasteiger partial charge is 0.330 e. The van der Waals surface area contributed by atoms with Gasteiger partial charge in [-0.05, 0) is 42.9 Å². The van der Waals surface area contributed by atoms with Crippen molar-refractivity contribution in [3.8, 4) is 11.5 Å². The van der Waals surface area contributed by atoms with Crippen LogP contribution in [-0.2, 0) is 25.5 Å². The molecule has 1 fully saturated rings. The first-order valence-electron chi connectivity index (χ1n) is 10.7. The van der Waals surface area contributed by atoms with Gasteiger partial charge in [0.15, 0.2) is 0 Å². The largest absolute Gasteiger partial charge is 0.490 e. The molecule has 2 rings (SSSR count). The van der Waals surface area contributed by atoms with Crippen LogP contribution >= 0.6 is 0 Å². The van der Waals surface area contributed by atoms with E-state index in [0.717, 1.165) is 49.0 Å². The zero-order valence-electron chi connectivity index (χ0n) is 18.0. The zero-order chi connectivity index (χ0) is 22.5. The van der Waals surface area contributed by atoms with E-state index < -0.39 is 11.9 Å². The van der Waals surface area contributed by atoms with Crippen molar-refractivity contribution in [1.29, 1.82) is 0 Å². The van der Waals surface area contributed by atoms with Gasteiger partial charge in [-0.15, -0.1) is 0 Å². The molecular weight excluding hydrogens is 400 g/mol. The van der Waals surface area contributed by atoms with Crippen LogP contribution in [0.5, 0.6) is 11.5 Å². The van der Waals surface area contributed by atoms with Gasteiger partial charge in [-0.1, -0.05) is 32.4 Å². The maximum absolute atomic E-state index is 11.3. The van der Waals surface area contributed by atoms with E-state index in [-0.39, 0.29) is 39.0 Å². The van der Waals surface area contributed by atoms with Gasteiger partial charge in [0, 0.05) is 24.3 Å². The minimum atomic E-state index is -0.497. The second-order valence-corrected chi connectivity index (χ2v) is 7.25.